The first-order valence-corrected chi connectivity index (χ1v) is 5.44. The Morgan fingerprint density at radius 1 is 1.38 bits per heavy atom. The van der Waals surface area contributed by atoms with Crippen LogP contribution < -0.4 is 0 Å². The first-order chi connectivity index (χ1) is 7.59. The minimum atomic E-state index is -0.673. The molecule has 3 nitrogen and oxygen atoms in total. The zero-order valence-electron chi connectivity index (χ0n) is 8.17. The fraction of sp³-hybridized carbons (Fsp3) is 0.300. The van der Waals surface area contributed by atoms with E-state index >= 15 is 0 Å². The molecule has 0 saturated carbocycles. The number of amides is 1. The van der Waals surface area contributed by atoms with Crippen molar-refractivity contribution >= 4 is 29.1 Å². The van der Waals surface area contributed by atoms with E-state index in [2.05, 4.69) is 0 Å². The number of rotatable bonds is 1. The zero-order valence-corrected chi connectivity index (χ0v) is 9.69. The summed E-state index contributed by atoms with van der Waals surface area (Å²) in [5.74, 6) is -1.12. The molecule has 1 heterocycles. The molecule has 1 aliphatic rings. The van der Waals surface area contributed by atoms with E-state index in [0.717, 1.165) is 12.5 Å². The topological polar surface area (TPSA) is 29.5 Å². The molecule has 0 spiro atoms. The zero-order chi connectivity index (χ0) is 11.7. The van der Waals surface area contributed by atoms with E-state index in [-0.39, 0.29) is 15.6 Å². The number of hydrogen-bond acceptors (Lipinski definition) is 2. The summed E-state index contributed by atoms with van der Waals surface area (Å²) < 4.78 is 13.2. The lowest BCUT2D eigenvalue weighted by Crippen LogP contribution is -2.26. The molecule has 86 valence electrons. The second-order valence-corrected chi connectivity index (χ2v) is 4.15. The quantitative estimate of drug-likeness (QED) is 0.730. The van der Waals surface area contributed by atoms with Crippen molar-refractivity contribution in [1.82, 2.24) is 5.06 Å². The third kappa shape index (κ3) is 2.14. The first kappa shape index (κ1) is 11.6. The summed E-state index contributed by atoms with van der Waals surface area (Å²) in [5.41, 5.74) is 0.0606. The van der Waals surface area contributed by atoms with E-state index in [1.54, 1.807) is 0 Å². The van der Waals surface area contributed by atoms with Gasteiger partial charge in [0.2, 0.25) is 0 Å². The van der Waals surface area contributed by atoms with Gasteiger partial charge in [0.1, 0.15) is 5.82 Å². The van der Waals surface area contributed by atoms with Crippen molar-refractivity contribution in [2.24, 2.45) is 0 Å². The van der Waals surface area contributed by atoms with Crippen LogP contribution in [0.15, 0.2) is 12.1 Å². The lowest BCUT2D eigenvalue weighted by molar-refractivity contribution is -0.0768. The Kier molecular flexibility index (Phi) is 3.33. The molecular weight excluding hydrogens is 256 g/mol. The van der Waals surface area contributed by atoms with Crippen molar-refractivity contribution in [2.75, 3.05) is 13.2 Å². The van der Waals surface area contributed by atoms with Gasteiger partial charge in [-0.2, -0.15) is 0 Å². The van der Waals surface area contributed by atoms with E-state index in [9.17, 15) is 9.18 Å². The van der Waals surface area contributed by atoms with Crippen molar-refractivity contribution in [2.45, 2.75) is 6.42 Å². The molecule has 0 aliphatic carbocycles. The largest absolute Gasteiger partial charge is 0.279 e. The Morgan fingerprint density at radius 2 is 2.12 bits per heavy atom. The number of nitrogens with zero attached hydrogens (tertiary/aromatic N) is 1. The van der Waals surface area contributed by atoms with Gasteiger partial charge in [0, 0.05) is 0 Å². The molecule has 1 fully saturated rings. The van der Waals surface area contributed by atoms with Crippen LogP contribution in [0.25, 0.3) is 0 Å². The predicted molar refractivity (Wildman–Crippen MR) is 58.0 cm³/mol. The maximum Gasteiger partial charge on any atom is 0.279 e. The smallest absolute Gasteiger partial charge is 0.271 e. The van der Waals surface area contributed by atoms with Crippen molar-refractivity contribution in [1.29, 1.82) is 0 Å². The second-order valence-electron chi connectivity index (χ2n) is 3.34. The van der Waals surface area contributed by atoms with Gasteiger partial charge >= 0.3 is 0 Å². The molecule has 2 rings (SSSR count). The number of benzene rings is 1. The Morgan fingerprint density at radius 3 is 2.75 bits per heavy atom. The van der Waals surface area contributed by atoms with Gasteiger partial charge in [0.25, 0.3) is 5.91 Å². The van der Waals surface area contributed by atoms with Gasteiger partial charge in [0.15, 0.2) is 0 Å². The van der Waals surface area contributed by atoms with Crippen LogP contribution in [0, 0.1) is 5.82 Å². The van der Waals surface area contributed by atoms with Gasteiger partial charge in [-0.1, -0.05) is 23.2 Å². The Balaban J connectivity index is 2.32. The number of hydroxylamine groups is 2. The average molecular weight is 264 g/mol. The molecule has 0 aromatic heterocycles. The first-order valence-electron chi connectivity index (χ1n) is 4.69. The van der Waals surface area contributed by atoms with Crippen molar-refractivity contribution in [3.63, 3.8) is 0 Å². The average Bonchev–Trinajstić information content (AvgIpc) is 2.75. The third-order valence-electron chi connectivity index (χ3n) is 2.22. The van der Waals surface area contributed by atoms with Crippen LogP contribution in [0.1, 0.15) is 16.8 Å². The highest BCUT2D eigenvalue weighted by Gasteiger charge is 2.24. The summed E-state index contributed by atoms with van der Waals surface area (Å²) >= 11 is 11.4. The van der Waals surface area contributed by atoms with Gasteiger partial charge < -0.3 is 0 Å². The molecule has 0 bridgehead atoms. The van der Waals surface area contributed by atoms with Gasteiger partial charge in [-0.3, -0.25) is 9.63 Å². The molecule has 1 amide bonds. The normalized spacial score (nSPS) is 15.6. The molecule has 1 saturated heterocycles. The van der Waals surface area contributed by atoms with Crippen LogP contribution in [0.4, 0.5) is 4.39 Å². The van der Waals surface area contributed by atoms with Crippen LogP contribution in [-0.4, -0.2) is 24.1 Å². The number of halogens is 3. The molecule has 0 radical (unpaired) electrons. The van der Waals surface area contributed by atoms with E-state index < -0.39 is 11.7 Å². The SMILES string of the molecule is O=C(c1cc(F)c(Cl)cc1Cl)N1CCCO1. The maximum absolute atomic E-state index is 13.2. The van der Waals surface area contributed by atoms with Crippen LogP contribution in [-0.2, 0) is 4.84 Å². The van der Waals surface area contributed by atoms with Crippen molar-refractivity contribution < 1.29 is 14.0 Å². The van der Waals surface area contributed by atoms with Gasteiger partial charge in [-0.25, -0.2) is 9.45 Å². The number of hydrogen-bond donors (Lipinski definition) is 0. The van der Waals surface area contributed by atoms with Crippen LogP contribution in [0.5, 0.6) is 0 Å². The summed E-state index contributed by atoms with van der Waals surface area (Å²) in [6.45, 7) is 0.971. The summed E-state index contributed by atoms with van der Waals surface area (Å²) in [7, 11) is 0. The highest BCUT2D eigenvalue weighted by molar-refractivity contribution is 6.36. The van der Waals surface area contributed by atoms with E-state index in [1.807, 2.05) is 0 Å². The van der Waals surface area contributed by atoms with E-state index in [1.165, 1.54) is 11.1 Å². The van der Waals surface area contributed by atoms with E-state index in [0.29, 0.717) is 13.2 Å². The fourth-order valence-electron chi connectivity index (χ4n) is 1.43. The Labute approximate surface area is 102 Å². The summed E-state index contributed by atoms with van der Waals surface area (Å²) in [5, 5.41) is 1.19. The van der Waals surface area contributed by atoms with Crippen molar-refractivity contribution in [3.05, 3.63) is 33.6 Å². The maximum atomic E-state index is 13.2. The predicted octanol–water partition coefficient (Wildman–Crippen LogP) is 2.91. The minimum Gasteiger partial charge on any atom is -0.271 e. The molecule has 0 atom stereocenters. The van der Waals surface area contributed by atoms with Crippen LogP contribution in [0.3, 0.4) is 0 Å². The van der Waals surface area contributed by atoms with Gasteiger partial charge in [-0.15, -0.1) is 0 Å². The van der Waals surface area contributed by atoms with Crippen LogP contribution >= 0.6 is 23.2 Å². The fourth-order valence-corrected chi connectivity index (χ4v) is 1.89. The third-order valence-corrected chi connectivity index (χ3v) is 2.82. The number of carbonyl (C=O) groups excluding carboxylic acids is 1. The summed E-state index contributed by atoms with van der Waals surface area (Å²) in [6.07, 6.45) is 0.763. The summed E-state index contributed by atoms with van der Waals surface area (Å²) in [4.78, 5) is 16.9. The molecule has 1 aliphatic heterocycles. The lowest BCUT2D eigenvalue weighted by atomic mass is 10.2. The minimum absolute atomic E-state index is 0.0606. The Hall–Kier alpha value is -0.840. The van der Waals surface area contributed by atoms with Crippen molar-refractivity contribution in [3.8, 4) is 0 Å². The molecule has 6 heteroatoms. The molecule has 1 aromatic carbocycles. The highest BCUT2D eigenvalue weighted by atomic mass is 35.5. The second kappa shape index (κ2) is 4.57. The Bertz CT molecular complexity index is 433. The molecule has 0 unspecified atom stereocenters. The number of carbonyl (C=O) groups is 1. The lowest BCUT2D eigenvalue weighted by Gasteiger charge is -2.14. The van der Waals surface area contributed by atoms with Crippen LogP contribution in [0.2, 0.25) is 10.0 Å². The monoisotopic (exact) mass is 263 g/mol. The molecule has 16 heavy (non-hydrogen) atoms. The standard InChI is InChI=1S/C10H8Cl2FNO2/c11-7-5-8(12)9(13)4-6(7)10(15)14-2-1-3-16-14/h4-5H,1-3H2. The molecular formula is C10H8Cl2FNO2. The molecule has 0 N–H and O–H groups in total. The highest BCUT2D eigenvalue weighted by Crippen LogP contribution is 2.26. The molecule has 1 aromatic rings. The van der Waals surface area contributed by atoms with E-state index in [4.69, 9.17) is 28.0 Å². The summed E-state index contributed by atoms with van der Waals surface area (Å²) in [6, 6.07) is 2.23. The van der Waals surface area contributed by atoms with Gasteiger partial charge in [0.05, 0.1) is 28.8 Å². The van der Waals surface area contributed by atoms with Gasteiger partial charge in [-0.05, 0) is 18.6 Å².